The van der Waals surface area contributed by atoms with Gasteiger partial charge in [0.05, 0.1) is 6.54 Å². The summed E-state index contributed by atoms with van der Waals surface area (Å²) in [4.78, 5) is 11.6. The van der Waals surface area contributed by atoms with E-state index < -0.39 is 23.3 Å². The molecule has 0 saturated carbocycles. The van der Waals surface area contributed by atoms with Crippen LogP contribution in [0.25, 0.3) is 0 Å². The third-order valence-corrected chi connectivity index (χ3v) is 3.30. The van der Waals surface area contributed by atoms with Gasteiger partial charge >= 0.3 is 6.09 Å². The number of alkyl carbamates (subject to hydrolysis) is 1. The molecule has 1 atom stereocenters. The number of halogens is 2. The number of nitrogens with one attached hydrogen (secondary N) is 1. The number of hydrogen-bond acceptors (Lipinski definition) is 3. The molecule has 23 heavy (non-hydrogen) atoms. The number of amides is 1. The molecule has 2 N–H and O–H groups in total. The molecule has 2 aromatic rings. The predicted molar refractivity (Wildman–Crippen MR) is 80.6 cm³/mol. The van der Waals surface area contributed by atoms with Gasteiger partial charge in [0.25, 0.3) is 0 Å². The molecule has 0 aromatic heterocycles. The van der Waals surface area contributed by atoms with Crippen molar-refractivity contribution in [2.45, 2.75) is 19.1 Å². The monoisotopic (exact) mass is 321 g/mol. The first-order chi connectivity index (χ1) is 10.9. The van der Waals surface area contributed by atoms with E-state index in [2.05, 4.69) is 5.32 Å². The second-order valence-corrected chi connectivity index (χ2v) is 5.31. The number of benzene rings is 2. The van der Waals surface area contributed by atoms with E-state index in [0.29, 0.717) is 6.07 Å². The Hall–Kier alpha value is -2.47. The highest BCUT2D eigenvalue weighted by atomic mass is 19.1. The van der Waals surface area contributed by atoms with Crippen LogP contribution < -0.4 is 5.32 Å². The minimum atomic E-state index is -1.69. The molecule has 0 aliphatic rings. The van der Waals surface area contributed by atoms with Gasteiger partial charge in [0.2, 0.25) is 0 Å². The minimum absolute atomic E-state index is 0.0831. The summed E-state index contributed by atoms with van der Waals surface area (Å²) in [6.45, 7) is 1.13. The van der Waals surface area contributed by atoms with E-state index >= 15 is 0 Å². The smallest absolute Gasteiger partial charge is 0.407 e. The Balaban J connectivity index is 1.89. The first-order valence-corrected chi connectivity index (χ1v) is 7.01. The zero-order valence-electron chi connectivity index (χ0n) is 12.6. The Bertz CT molecular complexity index is 675. The first kappa shape index (κ1) is 16.9. The lowest BCUT2D eigenvalue weighted by Gasteiger charge is -2.24. The summed E-state index contributed by atoms with van der Waals surface area (Å²) in [5, 5.41) is 12.6. The molecule has 0 fully saturated rings. The van der Waals surface area contributed by atoms with Gasteiger partial charge in [-0.05, 0) is 18.6 Å². The lowest BCUT2D eigenvalue weighted by molar-refractivity contribution is 0.0494. The van der Waals surface area contributed by atoms with E-state index in [1.807, 2.05) is 18.2 Å². The van der Waals surface area contributed by atoms with Crippen LogP contribution in [0.5, 0.6) is 0 Å². The van der Waals surface area contributed by atoms with Gasteiger partial charge < -0.3 is 15.2 Å². The van der Waals surface area contributed by atoms with Gasteiger partial charge in [-0.15, -0.1) is 0 Å². The Kier molecular flexibility index (Phi) is 5.28. The Morgan fingerprint density at radius 2 is 1.91 bits per heavy atom. The fraction of sp³-hybridized carbons (Fsp3) is 0.235. The fourth-order valence-electron chi connectivity index (χ4n) is 2.04. The molecule has 0 saturated heterocycles. The lowest BCUT2D eigenvalue weighted by Crippen LogP contribution is -2.39. The molecular formula is C17H17F2NO3. The van der Waals surface area contributed by atoms with Gasteiger partial charge in [-0.25, -0.2) is 13.6 Å². The van der Waals surface area contributed by atoms with Crippen molar-refractivity contribution in [2.24, 2.45) is 0 Å². The molecule has 4 nitrogen and oxygen atoms in total. The number of rotatable bonds is 5. The molecule has 2 rings (SSSR count). The van der Waals surface area contributed by atoms with Gasteiger partial charge in [-0.1, -0.05) is 36.4 Å². The van der Waals surface area contributed by atoms with Crippen molar-refractivity contribution in [1.29, 1.82) is 0 Å². The molecule has 1 amide bonds. The topological polar surface area (TPSA) is 58.6 Å². The average molecular weight is 321 g/mol. The molecule has 2 aromatic carbocycles. The SMILES string of the molecule is CC(O)(CNC(=O)OCc1ccccc1)c1ccc(F)cc1F. The van der Waals surface area contributed by atoms with Gasteiger partial charge in [0.1, 0.15) is 23.8 Å². The molecule has 0 radical (unpaired) electrons. The van der Waals surface area contributed by atoms with Crippen LogP contribution in [-0.4, -0.2) is 17.7 Å². The molecule has 0 spiro atoms. The van der Waals surface area contributed by atoms with E-state index in [0.717, 1.165) is 17.7 Å². The van der Waals surface area contributed by atoms with Crippen LogP contribution in [0.15, 0.2) is 48.5 Å². The molecule has 122 valence electrons. The van der Waals surface area contributed by atoms with Crippen molar-refractivity contribution in [3.8, 4) is 0 Å². The number of aliphatic hydroxyl groups is 1. The van der Waals surface area contributed by atoms with Crippen LogP contribution in [-0.2, 0) is 16.9 Å². The molecule has 6 heteroatoms. The van der Waals surface area contributed by atoms with Gasteiger partial charge in [0, 0.05) is 11.6 Å². The van der Waals surface area contributed by atoms with E-state index in [4.69, 9.17) is 4.74 Å². The molecule has 0 aliphatic heterocycles. The highest BCUT2D eigenvalue weighted by Gasteiger charge is 2.27. The Labute approximate surface area is 132 Å². The fourth-order valence-corrected chi connectivity index (χ4v) is 2.04. The summed E-state index contributed by atoms with van der Waals surface area (Å²) < 4.78 is 31.6. The summed E-state index contributed by atoms with van der Waals surface area (Å²) in [6, 6.07) is 11.9. The van der Waals surface area contributed by atoms with E-state index in [1.165, 1.54) is 6.92 Å². The second-order valence-electron chi connectivity index (χ2n) is 5.31. The number of ether oxygens (including phenoxy) is 1. The van der Waals surface area contributed by atoms with Crippen molar-refractivity contribution in [3.05, 3.63) is 71.3 Å². The van der Waals surface area contributed by atoms with Crippen LogP contribution in [0, 0.1) is 11.6 Å². The Morgan fingerprint density at radius 3 is 2.57 bits per heavy atom. The normalized spacial score (nSPS) is 13.2. The first-order valence-electron chi connectivity index (χ1n) is 7.01. The minimum Gasteiger partial charge on any atom is -0.445 e. The average Bonchev–Trinajstić information content (AvgIpc) is 2.51. The summed E-state index contributed by atoms with van der Waals surface area (Å²) >= 11 is 0. The maximum atomic E-state index is 13.7. The molecule has 0 heterocycles. The molecule has 0 aliphatic carbocycles. The summed E-state index contributed by atoms with van der Waals surface area (Å²) in [7, 11) is 0. The zero-order chi connectivity index (χ0) is 16.9. The number of hydrogen-bond donors (Lipinski definition) is 2. The number of carbonyl (C=O) groups excluding carboxylic acids is 1. The maximum absolute atomic E-state index is 13.7. The van der Waals surface area contributed by atoms with E-state index in [9.17, 15) is 18.7 Å². The van der Waals surface area contributed by atoms with Crippen molar-refractivity contribution in [3.63, 3.8) is 0 Å². The Morgan fingerprint density at radius 1 is 1.22 bits per heavy atom. The van der Waals surface area contributed by atoms with Crippen LogP contribution in [0.1, 0.15) is 18.1 Å². The van der Waals surface area contributed by atoms with Crippen LogP contribution in [0.2, 0.25) is 0 Å². The van der Waals surface area contributed by atoms with Crippen molar-refractivity contribution in [2.75, 3.05) is 6.54 Å². The predicted octanol–water partition coefficient (Wildman–Crippen LogP) is 3.10. The van der Waals surface area contributed by atoms with Crippen molar-refractivity contribution >= 4 is 6.09 Å². The summed E-state index contributed by atoms with van der Waals surface area (Å²) in [5.74, 6) is -1.62. The molecule has 1 unspecified atom stereocenters. The largest absolute Gasteiger partial charge is 0.445 e. The third-order valence-electron chi connectivity index (χ3n) is 3.30. The van der Waals surface area contributed by atoms with Crippen molar-refractivity contribution in [1.82, 2.24) is 5.32 Å². The van der Waals surface area contributed by atoms with Crippen LogP contribution >= 0.6 is 0 Å². The summed E-state index contributed by atoms with van der Waals surface area (Å²) in [5.41, 5.74) is -0.981. The van der Waals surface area contributed by atoms with Crippen LogP contribution in [0.3, 0.4) is 0 Å². The van der Waals surface area contributed by atoms with Gasteiger partial charge in [-0.2, -0.15) is 0 Å². The highest BCUT2D eigenvalue weighted by molar-refractivity contribution is 5.67. The molecule has 0 bridgehead atoms. The van der Waals surface area contributed by atoms with Crippen LogP contribution in [0.4, 0.5) is 13.6 Å². The lowest BCUT2D eigenvalue weighted by atomic mass is 9.95. The third kappa shape index (κ3) is 4.75. The van der Waals surface area contributed by atoms with Gasteiger partial charge in [-0.3, -0.25) is 0 Å². The van der Waals surface area contributed by atoms with E-state index in [-0.39, 0.29) is 18.7 Å². The van der Waals surface area contributed by atoms with Crippen molar-refractivity contribution < 1.29 is 23.4 Å². The number of carbonyl (C=O) groups is 1. The second kappa shape index (κ2) is 7.19. The molecular weight excluding hydrogens is 304 g/mol. The standard InChI is InChI=1S/C17H17F2NO3/c1-17(22,14-8-7-13(18)9-15(14)19)11-20-16(21)23-10-12-5-3-2-4-6-12/h2-9,22H,10-11H2,1H3,(H,20,21). The van der Waals surface area contributed by atoms with Gasteiger partial charge in [0.15, 0.2) is 0 Å². The quantitative estimate of drug-likeness (QED) is 0.890. The van der Waals surface area contributed by atoms with E-state index in [1.54, 1.807) is 12.1 Å². The summed E-state index contributed by atoms with van der Waals surface area (Å²) in [6.07, 6.45) is -0.739. The maximum Gasteiger partial charge on any atom is 0.407 e. The highest BCUT2D eigenvalue weighted by Crippen LogP contribution is 2.23. The zero-order valence-corrected chi connectivity index (χ0v) is 12.6.